The number of amides is 2. The van der Waals surface area contributed by atoms with Gasteiger partial charge < -0.3 is 19.7 Å². The molecule has 7 heteroatoms. The number of methoxy groups -OCH3 is 1. The zero-order valence-corrected chi connectivity index (χ0v) is 18.4. The summed E-state index contributed by atoms with van der Waals surface area (Å²) in [5, 5.41) is 3.48. The molecule has 2 rings (SSSR count). The number of ether oxygens (including phenoxy) is 2. The van der Waals surface area contributed by atoms with Crippen molar-refractivity contribution < 1.29 is 19.1 Å². The van der Waals surface area contributed by atoms with Crippen LogP contribution in [0.5, 0.6) is 11.5 Å². The molecule has 1 N–H and O–H groups in total. The molecule has 2 aromatic rings. The van der Waals surface area contributed by atoms with Crippen LogP contribution in [0.1, 0.15) is 32.3 Å². The van der Waals surface area contributed by atoms with Crippen LogP contribution >= 0.6 is 11.6 Å². The van der Waals surface area contributed by atoms with Gasteiger partial charge in [-0.1, -0.05) is 37.1 Å². The number of nitrogens with zero attached hydrogens (tertiary/aromatic N) is 1. The molecule has 0 heterocycles. The third-order valence-electron chi connectivity index (χ3n) is 4.68. The summed E-state index contributed by atoms with van der Waals surface area (Å²) >= 11 is 5.88. The SMILES string of the molecule is CCCCNC(=O)[C@H](C)N(Cc1ccc(OC)cc1)C(=O)COc1ccc(Cl)cc1. The molecule has 0 aliphatic heterocycles. The third-order valence-corrected chi connectivity index (χ3v) is 4.94. The van der Waals surface area contributed by atoms with Gasteiger partial charge in [0.1, 0.15) is 17.5 Å². The Morgan fingerprint density at radius 3 is 2.30 bits per heavy atom. The Kier molecular flexibility index (Phi) is 9.48. The van der Waals surface area contributed by atoms with E-state index in [2.05, 4.69) is 12.2 Å². The summed E-state index contributed by atoms with van der Waals surface area (Å²) in [4.78, 5) is 27.1. The lowest BCUT2D eigenvalue weighted by Gasteiger charge is -2.28. The number of hydrogen-bond acceptors (Lipinski definition) is 4. The molecule has 0 saturated heterocycles. The van der Waals surface area contributed by atoms with E-state index in [4.69, 9.17) is 21.1 Å². The zero-order valence-electron chi connectivity index (χ0n) is 17.7. The summed E-state index contributed by atoms with van der Waals surface area (Å²) < 4.78 is 10.8. The minimum Gasteiger partial charge on any atom is -0.497 e. The lowest BCUT2D eigenvalue weighted by molar-refractivity contribution is -0.142. The van der Waals surface area contributed by atoms with E-state index < -0.39 is 6.04 Å². The zero-order chi connectivity index (χ0) is 21.9. The van der Waals surface area contributed by atoms with Gasteiger partial charge in [-0.05, 0) is 55.3 Å². The quantitative estimate of drug-likeness (QED) is 0.544. The van der Waals surface area contributed by atoms with E-state index in [1.807, 2.05) is 24.3 Å². The molecule has 0 aromatic heterocycles. The van der Waals surface area contributed by atoms with Gasteiger partial charge in [0.25, 0.3) is 5.91 Å². The normalized spacial score (nSPS) is 11.5. The number of unbranched alkanes of at least 4 members (excludes halogenated alkanes) is 1. The number of hydrogen-bond donors (Lipinski definition) is 1. The highest BCUT2D eigenvalue weighted by atomic mass is 35.5. The molecule has 0 radical (unpaired) electrons. The molecule has 0 aliphatic rings. The summed E-state index contributed by atoms with van der Waals surface area (Å²) in [5.41, 5.74) is 0.892. The second-order valence-corrected chi connectivity index (χ2v) is 7.37. The number of benzene rings is 2. The van der Waals surface area contributed by atoms with Crippen molar-refractivity contribution in [2.45, 2.75) is 39.3 Å². The molecule has 2 aromatic carbocycles. The summed E-state index contributed by atoms with van der Waals surface area (Å²) in [6.07, 6.45) is 1.88. The highest BCUT2D eigenvalue weighted by Crippen LogP contribution is 2.17. The fourth-order valence-corrected chi connectivity index (χ4v) is 2.93. The Morgan fingerprint density at radius 1 is 1.07 bits per heavy atom. The van der Waals surface area contributed by atoms with Gasteiger partial charge in [-0.3, -0.25) is 9.59 Å². The van der Waals surface area contributed by atoms with Gasteiger partial charge in [-0.2, -0.15) is 0 Å². The second-order valence-electron chi connectivity index (χ2n) is 6.93. The van der Waals surface area contributed by atoms with Gasteiger partial charge in [0.05, 0.1) is 7.11 Å². The van der Waals surface area contributed by atoms with Crippen molar-refractivity contribution >= 4 is 23.4 Å². The van der Waals surface area contributed by atoms with Gasteiger partial charge in [-0.25, -0.2) is 0 Å². The van der Waals surface area contributed by atoms with Crippen LogP contribution in [0, 0.1) is 0 Å². The van der Waals surface area contributed by atoms with E-state index in [0.29, 0.717) is 17.3 Å². The fourth-order valence-electron chi connectivity index (χ4n) is 2.81. The van der Waals surface area contributed by atoms with Gasteiger partial charge in [0.2, 0.25) is 5.91 Å². The Labute approximate surface area is 183 Å². The van der Waals surface area contributed by atoms with Crippen LogP contribution in [0.3, 0.4) is 0 Å². The molecule has 6 nitrogen and oxygen atoms in total. The van der Waals surface area contributed by atoms with Crippen molar-refractivity contribution in [1.82, 2.24) is 10.2 Å². The fraction of sp³-hybridized carbons (Fsp3) is 0.391. The highest BCUT2D eigenvalue weighted by molar-refractivity contribution is 6.30. The predicted octanol–water partition coefficient (Wildman–Crippen LogP) is 4.06. The molecule has 0 aliphatic carbocycles. The molecule has 0 spiro atoms. The molecule has 0 fully saturated rings. The Morgan fingerprint density at radius 2 is 1.70 bits per heavy atom. The summed E-state index contributed by atoms with van der Waals surface area (Å²) in [6, 6.07) is 13.6. The van der Waals surface area contributed by atoms with Crippen LogP contribution in [-0.2, 0) is 16.1 Å². The van der Waals surface area contributed by atoms with Crippen molar-refractivity contribution in [3.05, 3.63) is 59.1 Å². The van der Waals surface area contributed by atoms with Crippen molar-refractivity contribution in [2.24, 2.45) is 0 Å². The minimum absolute atomic E-state index is 0.176. The Balaban J connectivity index is 2.10. The standard InChI is InChI=1S/C23H29ClN2O4/c1-4-5-14-25-23(28)17(2)26(15-18-6-10-20(29-3)11-7-18)22(27)16-30-21-12-8-19(24)9-13-21/h6-13,17H,4-5,14-16H2,1-3H3,(H,25,28)/t17-/m0/s1. The van der Waals surface area contributed by atoms with Crippen molar-refractivity contribution in [3.63, 3.8) is 0 Å². The summed E-state index contributed by atoms with van der Waals surface area (Å²) in [6.45, 7) is 4.49. The van der Waals surface area contributed by atoms with Crippen LogP contribution < -0.4 is 14.8 Å². The predicted molar refractivity (Wildman–Crippen MR) is 118 cm³/mol. The first kappa shape index (κ1) is 23.5. The van der Waals surface area contributed by atoms with Crippen molar-refractivity contribution in [2.75, 3.05) is 20.3 Å². The lowest BCUT2D eigenvalue weighted by Crippen LogP contribution is -2.49. The topological polar surface area (TPSA) is 67.9 Å². The van der Waals surface area contributed by atoms with E-state index in [1.165, 1.54) is 4.90 Å². The third kappa shape index (κ3) is 7.26. The van der Waals surface area contributed by atoms with E-state index >= 15 is 0 Å². The maximum atomic E-state index is 13.0. The minimum atomic E-state index is -0.634. The average Bonchev–Trinajstić information content (AvgIpc) is 2.77. The summed E-state index contributed by atoms with van der Waals surface area (Å²) in [5.74, 6) is 0.806. The van der Waals surface area contributed by atoms with Crippen molar-refractivity contribution in [1.29, 1.82) is 0 Å². The van der Waals surface area contributed by atoms with Crippen LogP contribution in [0.25, 0.3) is 0 Å². The summed E-state index contributed by atoms with van der Waals surface area (Å²) in [7, 11) is 1.60. The van der Waals surface area contributed by atoms with E-state index in [-0.39, 0.29) is 25.0 Å². The molecule has 0 bridgehead atoms. The van der Waals surface area contributed by atoms with E-state index in [1.54, 1.807) is 38.3 Å². The van der Waals surface area contributed by atoms with Crippen molar-refractivity contribution in [3.8, 4) is 11.5 Å². The number of carbonyl (C=O) groups is 2. The smallest absolute Gasteiger partial charge is 0.261 e. The van der Waals surface area contributed by atoms with E-state index in [9.17, 15) is 9.59 Å². The first-order valence-electron chi connectivity index (χ1n) is 10.0. The number of carbonyl (C=O) groups excluding carboxylic acids is 2. The van der Waals surface area contributed by atoms with Crippen LogP contribution in [0.2, 0.25) is 5.02 Å². The van der Waals surface area contributed by atoms with E-state index in [0.717, 1.165) is 24.2 Å². The number of halogens is 1. The van der Waals surface area contributed by atoms with Gasteiger partial charge in [-0.15, -0.1) is 0 Å². The lowest BCUT2D eigenvalue weighted by atomic mass is 10.1. The molecular formula is C23H29ClN2O4. The monoisotopic (exact) mass is 432 g/mol. The molecule has 0 unspecified atom stereocenters. The number of rotatable bonds is 11. The van der Waals surface area contributed by atoms with Gasteiger partial charge in [0.15, 0.2) is 6.61 Å². The highest BCUT2D eigenvalue weighted by Gasteiger charge is 2.26. The maximum Gasteiger partial charge on any atom is 0.261 e. The maximum absolute atomic E-state index is 13.0. The first-order valence-corrected chi connectivity index (χ1v) is 10.4. The molecular weight excluding hydrogens is 404 g/mol. The van der Waals surface area contributed by atoms with Crippen LogP contribution in [0.15, 0.2) is 48.5 Å². The van der Waals surface area contributed by atoms with Gasteiger partial charge >= 0.3 is 0 Å². The Hall–Kier alpha value is -2.73. The Bertz CT molecular complexity index is 809. The molecule has 30 heavy (non-hydrogen) atoms. The average molecular weight is 433 g/mol. The second kappa shape index (κ2) is 12.1. The largest absolute Gasteiger partial charge is 0.497 e. The molecule has 2 amide bonds. The first-order chi connectivity index (χ1) is 14.4. The molecule has 1 atom stereocenters. The van der Waals surface area contributed by atoms with Gasteiger partial charge in [0, 0.05) is 18.1 Å². The van der Waals surface area contributed by atoms with Crippen LogP contribution in [-0.4, -0.2) is 43.0 Å². The van der Waals surface area contributed by atoms with Crippen LogP contribution in [0.4, 0.5) is 0 Å². The molecule has 0 saturated carbocycles. The number of nitrogens with one attached hydrogen (secondary N) is 1. The molecule has 162 valence electrons.